The molecule has 10 heterocycles. The van der Waals surface area contributed by atoms with Crippen LogP contribution in [0.1, 0.15) is 46.5 Å². The van der Waals surface area contributed by atoms with E-state index in [1.54, 1.807) is 66.5 Å². The third kappa shape index (κ3) is 21.6. The zero-order valence-electron chi connectivity index (χ0n) is 73.4. The van der Waals surface area contributed by atoms with E-state index in [1.165, 1.54) is 128 Å². The van der Waals surface area contributed by atoms with Crippen LogP contribution in [0, 0.1) is 20.8 Å². The van der Waals surface area contributed by atoms with Crippen LogP contribution in [0.25, 0.3) is 55.8 Å². The zero-order chi connectivity index (χ0) is 96.6. The number of imide groups is 1. The number of urea groups is 1. The number of alkyl halides is 5. The van der Waals surface area contributed by atoms with Crippen molar-refractivity contribution in [1.29, 1.82) is 0 Å². The SMILES string of the molecule is CCN(C(=O)Cn1cnc2c1c(=O)n(C)c(=O)n2C)c1ccc(C)cc1.COC(=O)c1cccc(NC(=O)Cn2cnc3c2c(=O)n(C)c(=O)n3C)c1.Cc1ccc(NC(=O)NC(=O)Cn2cnc3c2c(=O)n(C)c(=O)n3C)c(C)c1.Cn1c(=O)c2c(ncn2CC(=O)N(Cc2ccccc2)CC(F)(F)F)n(C)c1=O.Cn1c(=O)c2c(ncn2CC(=O)NC(C)(F)F)n(C)c1=O. The highest BCUT2D eigenvalue weighted by atomic mass is 19.4. The normalized spacial score (nSPS) is 11.2. The first-order valence-electron chi connectivity index (χ1n) is 39.2. The van der Waals surface area contributed by atoms with Crippen LogP contribution in [-0.2, 0) is 138 Å². The number of hydrogen-bond donors (Lipinski definition) is 4. The summed E-state index contributed by atoms with van der Waals surface area (Å²) in [4.78, 5) is 229. The van der Waals surface area contributed by atoms with Crippen molar-refractivity contribution in [3.05, 3.63) is 261 Å². The topological polar surface area (TPSA) is 492 Å². The highest BCUT2D eigenvalue weighted by molar-refractivity contribution is 6.02. The smallest absolute Gasteiger partial charge is 0.406 e. The third-order valence-electron chi connectivity index (χ3n) is 20.4. The molecule has 0 atom stereocenters. The van der Waals surface area contributed by atoms with Crippen molar-refractivity contribution < 1.29 is 60.3 Å². The summed E-state index contributed by atoms with van der Waals surface area (Å²) in [6.07, 6.45) is 1.77. The monoisotopic (exact) mass is 1820 g/mol. The number of carbonyl (C=O) groups excluding carboxylic acids is 7. The van der Waals surface area contributed by atoms with Crippen LogP contribution in [0.2, 0.25) is 0 Å². The summed E-state index contributed by atoms with van der Waals surface area (Å²) in [5, 5.41) is 8.97. The number of methoxy groups -OCH3 is 1. The number of ether oxygens (including phenoxy) is 1. The van der Waals surface area contributed by atoms with Gasteiger partial charge in [0.1, 0.15) is 39.3 Å². The van der Waals surface area contributed by atoms with E-state index in [4.69, 9.17) is 0 Å². The fourth-order valence-electron chi connectivity index (χ4n) is 13.6. The Hall–Kier alpha value is -16.4. The van der Waals surface area contributed by atoms with Crippen LogP contribution < -0.4 is 82.4 Å². The van der Waals surface area contributed by atoms with Gasteiger partial charge >= 0.3 is 52.7 Å². The molecule has 4 N–H and O–H groups in total. The number of imidazole rings is 5. The molecule has 0 saturated carbocycles. The van der Waals surface area contributed by atoms with Gasteiger partial charge in [0, 0.05) is 108 Å². The first kappa shape index (κ1) is 96.8. The number of halogens is 5. The van der Waals surface area contributed by atoms with E-state index in [9.17, 15) is 103 Å². The molecule has 10 aromatic heterocycles. The Balaban J connectivity index is 0.000000171. The number of likely N-dealkylation sites (N-methyl/N-ethyl adjacent to an activating group) is 1. The molecule has 0 unspecified atom stereocenters. The number of aryl methyl sites for hydroxylation is 8. The number of fused-ring (bicyclic) bond motifs is 5. The molecule has 690 valence electrons. The number of carbonyl (C=O) groups is 7. The molecule has 4 aromatic carbocycles. The Bertz CT molecular complexity index is 7510. The van der Waals surface area contributed by atoms with Gasteiger partial charge < -0.3 is 48.0 Å². The van der Waals surface area contributed by atoms with E-state index < -0.39 is 124 Å². The number of esters is 1. The number of nitrogens with zero attached hydrogens (tertiary/aromatic N) is 22. The number of hydrogen-bond acceptors (Lipinski definition) is 23. The van der Waals surface area contributed by atoms with E-state index in [0.717, 1.165) is 76.1 Å². The van der Waals surface area contributed by atoms with Gasteiger partial charge in [0.05, 0.1) is 44.3 Å². The standard InChI is InChI=1S/C18H18F3N5O3.C18H20N6O4.C18H21N5O3.C17H17N5O5.C11H13F2N5O3/c1-23-15-14(16(28)24(2)17(23)29)26(11-22-15)9-13(27)25(10-18(19,20)21)8-12-6-4-3-5-7-12;1-10-5-6-12(11(2)7-10)20-17(27)21-13(25)8-24-9-19-15-14(24)16(26)23(4)18(28)22(15)3;1-5-23(13-8-6-12(2)7-9-13)14(24)10-22-11-19-16-15(22)17(25)21(4)18(26)20(16)3;1-20-14-13(15(24)21(2)17(20)26)22(9-18-14)8-12(23)19-11-6-4-5-10(7-11)16(25)27-3;1-11(12,13)15-6(19)4-18-5-14-8-7(18)9(20)17(3)10(21)16(8)2/h3-7,11H,8-10H2,1-2H3;5-7,9H,8H2,1-4H3,(H2,20,21,25,27);6-9,11H,5,10H2,1-4H3;4-7,9H,8H2,1-3H3,(H,19,23);5H,4H2,1-3H3,(H,15,19). The molecule has 0 radical (unpaired) electrons. The largest absolute Gasteiger partial charge is 0.465 e. The van der Waals surface area contributed by atoms with Crippen molar-refractivity contribution >= 4 is 114 Å². The van der Waals surface area contributed by atoms with Crippen LogP contribution in [0.3, 0.4) is 0 Å². The number of benzene rings is 4. The Morgan fingerprint density at radius 2 is 0.794 bits per heavy atom. The van der Waals surface area contributed by atoms with Crippen LogP contribution >= 0.6 is 0 Å². The Morgan fingerprint density at radius 1 is 0.420 bits per heavy atom. The molecule has 0 aliphatic carbocycles. The maximum Gasteiger partial charge on any atom is 0.406 e. The lowest BCUT2D eigenvalue weighted by Crippen LogP contribution is -2.41. The van der Waals surface area contributed by atoms with Crippen molar-refractivity contribution in [2.75, 3.05) is 35.7 Å². The van der Waals surface area contributed by atoms with Gasteiger partial charge in [0.25, 0.3) is 27.8 Å². The van der Waals surface area contributed by atoms with Crippen LogP contribution in [0.5, 0.6) is 0 Å². The van der Waals surface area contributed by atoms with E-state index in [-0.39, 0.29) is 87.9 Å². The fourth-order valence-corrected chi connectivity index (χ4v) is 13.6. The number of aromatic nitrogens is 20. The van der Waals surface area contributed by atoms with Crippen LogP contribution in [-0.4, -0.2) is 172 Å². The average Bonchev–Trinajstić information content (AvgIpc) is 1.65. The minimum Gasteiger partial charge on any atom is -0.465 e. The van der Waals surface area contributed by atoms with E-state index in [2.05, 4.69) is 45.6 Å². The van der Waals surface area contributed by atoms with Gasteiger partial charge in [0.15, 0.2) is 55.8 Å². The van der Waals surface area contributed by atoms with Crippen molar-refractivity contribution in [3.63, 3.8) is 0 Å². The Kier molecular flexibility index (Phi) is 29.3. The van der Waals surface area contributed by atoms with Crippen molar-refractivity contribution in [2.45, 2.75) is 86.1 Å². The molecule has 131 heavy (non-hydrogen) atoms. The maximum atomic E-state index is 13.0. The molecule has 0 spiro atoms. The molecule has 14 rings (SSSR count). The summed E-state index contributed by atoms with van der Waals surface area (Å²) in [5.41, 5.74) is 1.38. The molecule has 7 amide bonds. The molecular formula is C82H89F5N26O18. The van der Waals surface area contributed by atoms with Crippen LogP contribution in [0.4, 0.5) is 43.8 Å². The van der Waals surface area contributed by atoms with E-state index in [0.29, 0.717) is 40.9 Å². The second kappa shape index (κ2) is 39.6. The lowest BCUT2D eigenvalue weighted by Gasteiger charge is -2.24. The summed E-state index contributed by atoms with van der Waals surface area (Å²) in [5.74, 6) is -3.54. The summed E-state index contributed by atoms with van der Waals surface area (Å²) < 4.78 is 86.2. The molecule has 14 aromatic rings. The summed E-state index contributed by atoms with van der Waals surface area (Å²) in [6, 6.07) is 23.7. The number of anilines is 3. The van der Waals surface area contributed by atoms with Crippen molar-refractivity contribution in [1.82, 2.24) is 109 Å². The summed E-state index contributed by atoms with van der Waals surface area (Å²) in [7, 11) is 15.3. The summed E-state index contributed by atoms with van der Waals surface area (Å²) in [6.45, 7) is 5.50. The lowest BCUT2D eigenvalue weighted by atomic mass is 10.1. The number of amides is 7. The first-order valence-corrected chi connectivity index (χ1v) is 39.2. The van der Waals surface area contributed by atoms with Crippen molar-refractivity contribution in [2.24, 2.45) is 70.5 Å². The average molecular weight is 1820 g/mol. The van der Waals surface area contributed by atoms with E-state index in [1.807, 2.05) is 64.1 Å². The minimum absolute atomic E-state index is 0.00540. The molecule has 0 saturated heterocycles. The van der Waals surface area contributed by atoms with Gasteiger partial charge in [0.2, 0.25) is 29.5 Å². The van der Waals surface area contributed by atoms with Gasteiger partial charge in [-0.05, 0) is 75.2 Å². The number of rotatable bonds is 19. The molecule has 0 fully saturated rings. The second-order valence-corrected chi connectivity index (χ2v) is 30.0. The van der Waals surface area contributed by atoms with Crippen LogP contribution in [0.15, 0.2) is 177 Å². The van der Waals surface area contributed by atoms with Gasteiger partial charge in [-0.3, -0.25) is 104 Å². The predicted molar refractivity (Wildman–Crippen MR) is 466 cm³/mol. The highest BCUT2D eigenvalue weighted by Crippen LogP contribution is 2.22. The molecule has 49 heteroatoms. The van der Waals surface area contributed by atoms with Gasteiger partial charge in [-0.25, -0.2) is 58.5 Å². The molecule has 0 aliphatic rings. The van der Waals surface area contributed by atoms with Gasteiger partial charge in [-0.2, -0.15) is 22.0 Å². The second-order valence-electron chi connectivity index (χ2n) is 30.0. The minimum atomic E-state index is -4.58. The first-order chi connectivity index (χ1) is 61.6. The van der Waals surface area contributed by atoms with Crippen molar-refractivity contribution in [3.8, 4) is 0 Å². The van der Waals surface area contributed by atoms with Gasteiger partial charge in [-0.15, -0.1) is 0 Å². The fraction of sp³-hybridized carbons (Fsp3) is 0.317. The molecule has 0 bridgehead atoms. The van der Waals surface area contributed by atoms with E-state index >= 15 is 0 Å². The number of nitrogens with one attached hydrogen (secondary N) is 4. The summed E-state index contributed by atoms with van der Waals surface area (Å²) >= 11 is 0. The quantitative estimate of drug-likeness (QED) is 0.0502. The Labute approximate surface area is 733 Å². The molecule has 44 nitrogen and oxygen atoms in total. The van der Waals surface area contributed by atoms with Gasteiger partial charge in [-0.1, -0.05) is 71.8 Å². The lowest BCUT2D eigenvalue weighted by molar-refractivity contribution is -0.162. The highest BCUT2D eigenvalue weighted by Gasteiger charge is 2.34. The predicted octanol–water partition coefficient (Wildman–Crippen LogP) is 1.24. The third-order valence-corrected chi connectivity index (χ3v) is 20.4. The zero-order valence-corrected chi connectivity index (χ0v) is 73.4. The molecular weight excluding hydrogens is 1730 g/mol. The maximum absolute atomic E-state index is 13.0. The molecule has 0 aliphatic heterocycles. The Morgan fingerprint density at radius 3 is 1.17 bits per heavy atom.